The Morgan fingerprint density at radius 1 is 1.50 bits per heavy atom. The van der Waals surface area contributed by atoms with Crippen molar-refractivity contribution >= 4 is 23.2 Å². The van der Waals surface area contributed by atoms with Crippen LogP contribution in [0.25, 0.3) is 0 Å². The number of carbonyl (C=O) groups excluding carboxylic acids is 1. The molecule has 1 heterocycles. The smallest absolute Gasteiger partial charge is 0.306 e. The average molecular weight is 271 g/mol. The minimum absolute atomic E-state index is 0.124. The largest absolute Gasteiger partial charge is 0.481 e. The molecule has 6 heteroatoms. The summed E-state index contributed by atoms with van der Waals surface area (Å²) in [5.74, 6) is -1.13. The predicted octanol–water partition coefficient (Wildman–Crippen LogP) is 1.53. The lowest BCUT2D eigenvalue weighted by Gasteiger charge is -2.13. The van der Waals surface area contributed by atoms with Gasteiger partial charge < -0.3 is 15.2 Å². The van der Waals surface area contributed by atoms with E-state index in [4.69, 9.17) is 9.84 Å². The third kappa shape index (κ3) is 4.46. The lowest BCUT2D eigenvalue weighted by molar-refractivity contribution is -0.139. The second-order valence-electron chi connectivity index (χ2n) is 3.79. The van der Waals surface area contributed by atoms with E-state index in [1.165, 1.54) is 18.4 Å². The van der Waals surface area contributed by atoms with E-state index in [1.807, 2.05) is 13.0 Å². The Hall–Kier alpha value is -1.40. The summed E-state index contributed by atoms with van der Waals surface area (Å²) in [5, 5.41) is 11.3. The first kappa shape index (κ1) is 14.7. The predicted molar refractivity (Wildman–Crippen MR) is 69.1 cm³/mol. The maximum Gasteiger partial charge on any atom is 0.306 e. The SMILES string of the molecule is CCc1ccc(C(=O)NCC(CC(=O)O)OC)s1. The van der Waals surface area contributed by atoms with Crippen LogP contribution in [-0.2, 0) is 16.0 Å². The Labute approximate surface area is 110 Å². The summed E-state index contributed by atoms with van der Waals surface area (Å²) in [4.78, 5) is 24.1. The highest BCUT2D eigenvalue weighted by Crippen LogP contribution is 2.16. The number of hydrogen-bond acceptors (Lipinski definition) is 4. The number of carboxylic acids is 1. The van der Waals surface area contributed by atoms with Gasteiger partial charge >= 0.3 is 5.97 Å². The molecule has 1 amide bonds. The van der Waals surface area contributed by atoms with Crippen LogP contribution in [0.2, 0.25) is 0 Å². The highest BCUT2D eigenvalue weighted by Gasteiger charge is 2.15. The number of amides is 1. The molecule has 100 valence electrons. The number of hydrogen-bond donors (Lipinski definition) is 2. The molecule has 1 aromatic heterocycles. The fraction of sp³-hybridized carbons (Fsp3) is 0.500. The molecule has 0 spiro atoms. The number of rotatable bonds is 7. The monoisotopic (exact) mass is 271 g/mol. The van der Waals surface area contributed by atoms with Gasteiger partial charge in [0.2, 0.25) is 0 Å². The Morgan fingerprint density at radius 3 is 2.72 bits per heavy atom. The Morgan fingerprint density at radius 2 is 2.22 bits per heavy atom. The van der Waals surface area contributed by atoms with Crippen molar-refractivity contribution in [2.45, 2.75) is 25.9 Å². The van der Waals surface area contributed by atoms with E-state index in [0.29, 0.717) is 4.88 Å². The summed E-state index contributed by atoms with van der Waals surface area (Å²) in [6.45, 7) is 2.22. The van der Waals surface area contributed by atoms with Gasteiger partial charge in [0.05, 0.1) is 17.4 Å². The number of aryl methyl sites for hydroxylation is 1. The first-order chi connectivity index (χ1) is 8.56. The van der Waals surface area contributed by atoms with Gasteiger partial charge in [0.25, 0.3) is 5.91 Å². The highest BCUT2D eigenvalue weighted by molar-refractivity contribution is 7.14. The number of carboxylic acid groups (broad SMARTS) is 1. The number of thiophene rings is 1. The molecule has 0 saturated carbocycles. The van der Waals surface area contributed by atoms with Crippen LogP contribution in [0.15, 0.2) is 12.1 Å². The lowest BCUT2D eigenvalue weighted by Crippen LogP contribution is -2.34. The van der Waals surface area contributed by atoms with Crippen molar-refractivity contribution in [1.82, 2.24) is 5.32 Å². The molecule has 0 aromatic carbocycles. The van der Waals surface area contributed by atoms with Crippen LogP contribution < -0.4 is 5.32 Å². The van der Waals surface area contributed by atoms with Gasteiger partial charge in [-0.1, -0.05) is 6.92 Å². The van der Waals surface area contributed by atoms with Crippen molar-refractivity contribution in [3.05, 3.63) is 21.9 Å². The van der Waals surface area contributed by atoms with Gasteiger partial charge in [-0.25, -0.2) is 0 Å². The molecule has 0 radical (unpaired) electrons. The zero-order valence-electron chi connectivity index (χ0n) is 10.4. The van der Waals surface area contributed by atoms with E-state index in [9.17, 15) is 9.59 Å². The van der Waals surface area contributed by atoms with E-state index in [2.05, 4.69) is 5.32 Å². The van der Waals surface area contributed by atoms with Gasteiger partial charge in [0.1, 0.15) is 0 Å². The second-order valence-corrected chi connectivity index (χ2v) is 4.95. The van der Waals surface area contributed by atoms with E-state index in [0.717, 1.165) is 11.3 Å². The minimum Gasteiger partial charge on any atom is -0.481 e. The first-order valence-corrected chi connectivity index (χ1v) is 6.50. The Kier molecular flexibility index (Phi) is 5.80. The van der Waals surface area contributed by atoms with Crippen molar-refractivity contribution < 1.29 is 19.4 Å². The zero-order valence-corrected chi connectivity index (χ0v) is 11.3. The number of nitrogens with one attached hydrogen (secondary N) is 1. The van der Waals surface area contributed by atoms with Crippen LogP contribution in [0.1, 0.15) is 27.9 Å². The normalized spacial score (nSPS) is 12.1. The van der Waals surface area contributed by atoms with Crippen molar-refractivity contribution in [1.29, 1.82) is 0 Å². The van der Waals surface area contributed by atoms with Crippen LogP contribution in [0.3, 0.4) is 0 Å². The number of methoxy groups -OCH3 is 1. The second kappa shape index (κ2) is 7.13. The lowest BCUT2D eigenvalue weighted by atomic mass is 10.2. The summed E-state index contributed by atoms with van der Waals surface area (Å²) in [5.41, 5.74) is 0. The number of ether oxygens (including phenoxy) is 1. The van der Waals surface area contributed by atoms with Crippen LogP contribution in [0.4, 0.5) is 0 Å². The van der Waals surface area contributed by atoms with E-state index >= 15 is 0 Å². The third-order valence-corrected chi connectivity index (χ3v) is 3.69. The van der Waals surface area contributed by atoms with Gasteiger partial charge in [0, 0.05) is 18.5 Å². The van der Waals surface area contributed by atoms with Crippen LogP contribution >= 0.6 is 11.3 Å². The molecule has 1 aromatic rings. The van der Waals surface area contributed by atoms with E-state index in [-0.39, 0.29) is 18.9 Å². The van der Waals surface area contributed by atoms with Gasteiger partial charge in [-0.3, -0.25) is 9.59 Å². The number of aliphatic carboxylic acids is 1. The van der Waals surface area contributed by atoms with Crippen LogP contribution in [0.5, 0.6) is 0 Å². The minimum atomic E-state index is -0.944. The molecule has 1 atom stereocenters. The fourth-order valence-electron chi connectivity index (χ4n) is 1.42. The molecule has 5 nitrogen and oxygen atoms in total. The molecule has 0 aliphatic carbocycles. The van der Waals surface area contributed by atoms with Gasteiger partial charge in [0.15, 0.2) is 0 Å². The molecule has 18 heavy (non-hydrogen) atoms. The first-order valence-electron chi connectivity index (χ1n) is 5.68. The zero-order chi connectivity index (χ0) is 13.5. The quantitative estimate of drug-likeness (QED) is 0.788. The van der Waals surface area contributed by atoms with Gasteiger partial charge in [-0.15, -0.1) is 11.3 Å². The molecule has 1 unspecified atom stereocenters. The molecule has 1 rings (SSSR count). The van der Waals surface area contributed by atoms with Gasteiger partial charge in [-0.2, -0.15) is 0 Å². The summed E-state index contributed by atoms with van der Waals surface area (Å²) in [7, 11) is 1.43. The van der Waals surface area contributed by atoms with Crippen molar-refractivity contribution in [2.75, 3.05) is 13.7 Å². The average Bonchev–Trinajstić information content (AvgIpc) is 2.82. The summed E-state index contributed by atoms with van der Waals surface area (Å²) >= 11 is 1.44. The molecule has 2 N–H and O–H groups in total. The summed E-state index contributed by atoms with van der Waals surface area (Å²) < 4.78 is 4.98. The fourth-order valence-corrected chi connectivity index (χ4v) is 2.28. The standard InChI is InChI=1S/C12H17NO4S/c1-3-9-4-5-10(18-9)12(16)13-7-8(17-2)6-11(14)15/h4-5,8H,3,6-7H2,1-2H3,(H,13,16)(H,14,15). The Balaban J connectivity index is 2.46. The molecular formula is C12H17NO4S. The maximum absolute atomic E-state index is 11.8. The molecule has 0 aliphatic rings. The van der Waals surface area contributed by atoms with Crippen LogP contribution in [-0.4, -0.2) is 36.7 Å². The van der Waals surface area contributed by atoms with E-state index in [1.54, 1.807) is 6.07 Å². The topological polar surface area (TPSA) is 75.6 Å². The molecular weight excluding hydrogens is 254 g/mol. The molecule has 0 aliphatic heterocycles. The molecule has 0 fully saturated rings. The van der Waals surface area contributed by atoms with Crippen molar-refractivity contribution in [2.24, 2.45) is 0 Å². The van der Waals surface area contributed by atoms with E-state index < -0.39 is 12.1 Å². The van der Waals surface area contributed by atoms with Gasteiger partial charge in [-0.05, 0) is 18.6 Å². The number of carbonyl (C=O) groups is 2. The molecule has 0 bridgehead atoms. The van der Waals surface area contributed by atoms with Crippen molar-refractivity contribution in [3.63, 3.8) is 0 Å². The summed E-state index contributed by atoms with van der Waals surface area (Å²) in [6.07, 6.45) is 0.274. The maximum atomic E-state index is 11.8. The highest BCUT2D eigenvalue weighted by atomic mass is 32.1. The Bertz CT molecular complexity index is 416. The van der Waals surface area contributed by atoms with Crippen LogP contribution in [0, 0.1) is 0 Å². The summed E-state index contributed by atoms with van der Waals surface area (Å²) in [6, 6.07) is 3.70. The van der Waals surface area contributed by atoms with Crippen molar-refractivity contribution in [3.8, 4) is 0 Å². The molecule has 0 saturated heterocycles. The third-order valence-electron chi connectivity index (χ3n) is 2.46.